The number of hydrogen-bond donors (Lipinski definition) is 0. The normalized spacial score (nSPS) is 10.3. The Morgan fingerprint density at radius 3 is 2.38 bits per heavy atom. The fourth-order valence-electron chi connectivity index (χ4n) is 2.30. The van der Waals surface area contributed by atoms with Crippen molar-refractivity contribution in [3.05, 3.63) is 59.4 Å². The summed E-state index contributed by atoms with van der Waals surface area (Å²) in [6, 6.07) is 11.1. The maximum Gasteiger partial charge on any atom is 0.306 e. The topological polar surface area (TPSA) is 61.8 Å². The van der Waals surface area contributed by atoms with Crippen LogP contribution >= 0.6 is 0 Å². The first kappa shape index (κ1) is 19.4. The third kappa shape index (κ3) is 5.58. The van der Waals surface area contributed by atoms with Crippen LogP contribution in [0.3, 0.4) is 0 Å². The Morgan fingerprint density at radius 2 is 1.77 bits per heavy atom. The molecule has 0 aliphatic rings. The zero-order chi connectivity index (χ0) is 18.9. The second-order valence-electron chi connectivity index (χ2n) is 5.51. The average Bonchev–Trinajstić information content (AvgIpc) is 2.65. The van der Waals surface area contributed by atoms with Crippen molar-refractivity contribution in [2.75, 3.05) is 13.7 Å². The lowest BCUT2D eigenvalue weighted by molar-refractivity contribution is -0.144. The van der Waals surface area contributed by atoms with Crippen molar-refractivity contribution in [3.63, 3.8) is 0 Å². The van der Waals surface area contributed by atoms with E-state index in [0.29, 0.717) is 23.5 Å². The molecule has 5 nitrogen and oxygen atoms in total. The van der Waals surface area contributed by atoms with Crippen LogP contribution < -0.4 is 9.47 Å². The number of hydrogen-bond acceptors (Lipinski definition) is 5. The van der Waals surface area contributed by atoms with Crippen LogP contribution in [0.1, 0.15) is 35.7 Å². The van der Waals surface area contributed by atoms with Gasteiger partial charge in [0.05, 0.1) is 20.1 Å². The number of benzene rings is 2. The van der Waals surface area contributed by atoms with Crippen molar-refractivity contribution in [1.29, 1.82) is 0 Å². The number of ether oxygens (including phenoxy) is 3. The molecule has 138 valence electrons. The molecule has 2 aromatic rings. The zero-order valence-corrected chi connectivity index (χ0v) is 14.8. The lowest BCUT2D eigenvalue weighted by atomic mass is 10.1. The molecule has 0 heterocycles. The highest BCUT2D eigenvalue weighted by Gasteiger charge is 2.11. The third-order valence-corrected chi connectivity index (χ3v) is 3.66. The summed E-state index contributed by atoms with van der Waals surface area (Å²) in [6.07, 6.45) is 0.00840. The summed E-state index contributed by atoms with van der Waals surface area (Å²) in [4.78, 5) is 23.9. The molecule has 6 heteroatoms. The predicted octanol–water partition coefficient (Wildman–Crippen LogP) is 3.94. The Balaban J connectivity index is 1.79. The van der Waals surface area contributed by atoms with E-state index >= 15 is 0 Å². The Kier molecular flexibility index (Phi) is 7.14. The number of halogens is 1. The number of carbonyl (C=O) groups excluding carboxylic acids is 2. The molecule has 0 saturated heterocycles. The molecule has 0 unspecified atom stereocenters. The van der Waals surface area contributed by atoms with Crippen LogP contribution in [0.15, 0.2) is 42.5 Å². The van der Waals surface area contributed by atoms with Gasteiger partial charge >= 0.3 is 5.97 Å². The third-order valence-electron chi connectivity index (χ3n) is 3.66. The van der Waals surface area contributed by atoms with E-state index in [4.69, 9.17) is 14.2 Å². The molecule has 0 atom stereocenters. The lowest BCUT2D eigenvalue weighted by Gasteiger charge is -2.07. The van der Waals surface area contributed by atoms with Crippen LogP contribution in [0.5, 0.6) is 11.5 Å². The Morgan fingerprint density at radius 1 is 1.04 bits per heavy atom. The number of ketones is 1. The molecular formula is C20H21FO5. The van der Waals surface area contributed by atoms with Gasteiger partial charge in [-0.05, 0) is 48.9 Å². The van der Waals surface area contributed by atoms with Gasteiger partial charge in [0.15, 0.2) is 17.3 Å². The minimum atomic E-state index is -0.522. The van der Waals surface area contributed by atoms with Crippen molar-refractivity contribution in [2.24, 2.45) is 0 Å². The summed E-state index contributed by atoms with van der Waals surface area (Å²) < 4.78 is 28.8. The Hall–Kier alpha value is -2.89. The van der Waals surface area contributed by atoms with Gasteiger partial charge in [0.1, 0.15) is 12.4 Å². The number of Topliss-reactive ketones (excluding diaryl/α,β-unsaturated/α-hetero) is 1. The van der Waals surface area contributed by atoms with Gasteiger partial charge in [-0.1, -0.05) is 6.07 Å². The molecule has 0 aliphatic carbocycles. The smallest absolute Gasteiger partial charge is 0.306 e. The van der Waals surface area contributed by atoms with Crippen molar-refractivity contribution in [1.82, 2.24) is 0 Å². The molecule has 0 aliphatic heterocycles. The van der Waals surface area contributed by atoms with Crippen molar-refractivity contribution < 1.29 is 28.2 Å². The van der Waals surface area contributed by atoms with Crippen LogP contribution in [0.25, 0.3) is 0 Å². The van der Waals surface area contributed by atoms with E-state index in [1.54, 1.807) is 30.3 Å². The van der Waals surface area contributed by atoms with Crippen molar-refractivity contribution >= 4 is 11.8 Å². The molecule has 0 amide bonds. The summed E-state index contributed by atoms with van der Waals surface area (Å²) in [7, 11) is 1.37. The zero-order valence-electron chi connectivity index (χ0n) is 14.8. The second kappa shape index (κ2) is 9.56. The molecule has 0 N–H and O–H groups in total. The van der Waals surface area contributed by atoms with Gasteiger partial charge in [-0.25, -0.2) is 4.39 Å². The lowest BCUT2D eigenvalue weighted by Crippen LogP contribution is -2.08. The molecule has 0 radical (unpaired) electrons. The van der Waals surface area contributed by atoms with Crippen LogP contribution in [-0.2, 0) is 16.1 Å². The van der Waals surface area contributed by atoms with E-state index in [1.165, 1.54) is 19.2 Å². The largest absolute Gasteiger partial charge is 0.494 e. The van der Waals surface area contributed by atoms with Crippen molar-refractivity contribution in [2.45, 2.75) is 26.4 Å². The van der Waals surface area contributed by atoms with Gasteiger partial charge in [-0.2, -0.15) is 0 Å². The predicted molar refractivity (Wildman–Crippen MR) is 93.9 cm³/mol. The molecule has 26 heavy (non-hydrogen) atoms. The first-order valence-corrected chi connectivity index (χ1v) is 8.27. The first-order valence-electron chi connectivity index (χ1n) is 8.27. The SMILES string of the molecule is CCOc1ccc(C(=O)CCC(=O)OCc2ccc(OC)c(F)c2)cc1. The minimum Gasteiger partial charge on any atom is -0.494 e. The molecule has 0 spiro atoms. The second-order valence-corrected chi connectivity index (χ2v) is 5.51. The van der Waals surface area contributed by atoms with Crippen LogP contribution in [0.2, 0.25) is 0 Å². The van der Waals surface area contributed by atoms with Gasteiger partial charge in [0.2, 0.25) is 0 Å². The maximum atomic E-state index is 13.6. The van der Waals surface area contributed by atoms with E-state index in [1.807, 2.05) is 6.92 Å². The van der Waals surface area contributed by atoms with Gasteiger partial charge in [0, 0.05) is 12.0 Å². The Labute approximate surface area is 151 Å². The summed E-state index contributed by atoms with van der Waals surface area (Å²) in [5.74, 6) is -0.371. The molecule has 0 bridgehead atoms. The fourth-order valence-corrected chi connectivity index (χ4v) is 2.30. The highest BCUT2D eigenvalue weighted by atomic mass is 19.1. The molecule has 0 aromatic heterocycles. The highest BCUT2D eigenvalue weighted by Crippen LogP contribution is 2.18. The summed E-state index contributed by atoms with van der Waals surface area (Å²) in [6.45, 7) is 2.37. The summed E-state index contributed by atoms with van der Waals surface area (Å²) >= 11 is 0. The average molecular weight is 360 g/mol. The number of methoxy groups -OCH3 is 1. The van der Waals surface area contributed by atoms with Crippen molar-refractivity contribution in [3.8, 4) is 11.5 Å². The van der Waals surface area contributed by atoms with Gasteiger partial charge in [0.25, 0.3) is 0 Å². The quantitative estimate of drug-likeness (QED) is 0.501. The minimum absolute atomic E-state index is 0.0370. The molecule has 0 fully saturated rings. The van der Waals surface area contributed by atoms with Gasteiger partial charge in [-0.15, -0.1) is 0 Å². The van der Waals surface area contributed by atoms with Gasteiger partial charge < -0.3 is 14.2 Å². The number of rotatable bonds is 9. The maximum absolute atomic E-state index is 13.6. The highest BCUT2D eigenvalue weighted by molar-refractivity contribution is 5.97. The van der Waals surface area contributed by atoms with E-state index in [2.05, 4.69) is 0 Å². The first-order chi connectivity index (χ1) is 12.5. The van der Waals surface area contributed by atoms with E-state index in [9.17, 15) is 14.0 Å². The number of carbonyl (C=O) groups is 2. The molecular weight excluding hydrogens is 339 g/mol. The molecule has 0 saturated carbocycles. The van der Waals surface area contributed by atoms with Crippen LogP contribution in [0, 0.1) is 5.82 Å². The number of esters is 1. The van der Waals surface area contributed by atoms with E-state index in [0.717, 1.165) is 0 Å². The van der Waals surface area contributed by atoms with E-state index in [-0.39, 0.29) is 31.0 Å². The Bertz CT molecular complexity index is 755. The van der Waals surface area contributed by atoms with Gasteiger partial charge in [-0.3, -0.25) is 9.59 Å². The van der Waals surface area contributed by atoms with E-state index < -0.39 is 11.8 Å². The molecule has 2 rings (SSSR count). The summed E-state index contributed by atoms with van der Waals surface area (Å²) in [5.41, 5.74) is 1.02. The monoisotopic (exact) mass is 360 g/mol. The van der Waals surface area contributed by atoms with Crippen LogP contribution in [0.4, 0.5) is 4.39 Å². The van der Waals surface area contributed by atoms with Crippen LogP contribution in [-0.4, -0.2) is 25.5 Å². The standard InChI is InChI=1S/C20H21FO5/c1-3-25-16-7-5-15(6-8-16)18(22)9-11-20(23)26-13-14-4-10-19(24-2)17(21)12-14/h4-8,10,12H,3,9,11,13H2,1-2H3. The molecule has 2 aromatic carbocycles. The summed E-state index contributed by atoms with van der Waals surface area (Å²) in [5, 5.41) is 0. The fraction of sp³-hybridized carbons (Fsp3) is 0.300.